The van der Waals surface area contributed by atoms with Crippen LogP contribution in [-0.2, 0) is 17.7 Å². The van der Waals surface area contributed by atoms with Crippen LogP contribution >= 0.6 is 0 Å². The maximum atomic E-state index is 5.69. The highest BCUT2D eigenvalue weighted by Crippen LogP contribution is 2.22. The van der Waals surface area contributed by atoms with Gasteiger partial charge in [0, 0.05) is 31.5 Å². The highest BCUT2D eigenvalue weighted by Gasteiger charge is 2.25. The largest absolute Gasteiger partial charge is 0.380 e. The molecule has 4 nitrogen and oxygen atoms in total. The average Bonchev–Trinajstić information content (AvgIpc) is 2.84. The molecule has 0 saturated carbocycles. The molecule has 0 aliphatic carbocycles. The van der Waals surface area contributed by atoms with Gasteiger partial charge >= 0.3 is 0 Å². The molecule has 0 saturated heterocycles. The highest BCUT2D eigenvalue weighted by molar-refractivity contribution is 5.82. The van der Waals surface area contributed by atoms with E-state index in [9.17, 15) is 0 Å². The molecular weight excluding hydrogens is 262 g/mol. The topological polar surface area (TPSA) is 39.1 Å². The fourth-order valence-electron chi connectivity index (χ4n) is 3.08. The normalized spacial score (nSPS) is 14.8. The van der Waals surface area contributed by atoms with Gasteiger partial charge in [0.15, 0.2) is 0 Å². The van der Waals surface area contributed by atoms with E-state index < -0.39 is 0 Å². The van der Waals surface area contributed by atoms with E-state index in [2.05, 4.69) is 55.0 Å². The van der Waals surface area contributed by atoms with Crippen molar-refractivity contribution in [3.63, 3.8) is 0 Å². The van der Waals surface area contributed by atoms with E-state index in [0.29, 0.717) is 5.92 Å². The lowest BCUT2D eigenvalue weighted by Crippen LogP contribution is -2.43. The zero-order chi connectivity index (χ0) is 15.4. The van der Waals surface area contributed by atoms with Crippen LogP contribution in [0.5, 0.6) is 0 Å². The Balaban J connectivity index is 2.33. The van der Waals surface area contributed by atoms with Gasteiger partial charge in [-0.05, 0) is 26.0 Å². The second-order valence-electron chi connectivity index (χ2n) is 5.82. The lowest BCUT2D eigenvalue weighted by Gasteiger charge is -2.28. The van der Waals surface area contributed by atoms with Crippen molar-refractivity contribution in [1.29, 1.82) is 0 Å². The van der Waals surface area contributed by atoms with E-state index in [4.69, 9.17) is 9.84 Å². The Kier molecular flexibility index (Phi) is 5.37. The summed E-state index contributed by atoms with van der Waals surface area (Å²) in [7, 11) is 3.79. The molecule has 0 bridgehead atoms. The molecule has 0 amide bonds. The molecule has 2 rings (SSSR count). The first kappa shape index (κ1) is 16.0. The van der Waals surface area contributed by atoms with Gasteiger partial charge in [-0.1, -0.05) is 32.0 Å². The SMILES string of the molecule is CCn1nc(CC(NC)C(OC)C(C)C)c2ccccc21. The van der Waals surface area contributed by atoms with Crippen molar-refractivity contribution in [2.45, 2.75) is 45.9 Å². The van der Waals surface area contributed by atoms with Gasteiger partial charge in [-0.3, -0.25) is 4.68 Å². The van der Waals surface area contributed by atoms with Crippen LogP contribution in [0.1, 0.15) is 26.5 Å². The number of para-hydroxylation sites is 1. The summed E-state index contributed by atoms with van der Waals surface area (Å²) in [6.45, 7) is 7.41. The summed E-state index contributed by atoms with van der Waals surface area (Å²) in [5.41, 5.74) is 2.36. The summed E-state index contributed by atoms with van der Waals surface area (Å²) >= 11 is 0. The number of aromatic nitrogens is 2. The van der Waals surface area contributed by atoms with Crippen molar-refractivity contribution in [3.05, 3.63) is 30.0 Å². The number of aryl methyl sites for hydroxylation is 1. The molecule has 116 valence electrons. The van der Waals surface area contributed by atoms with Crippen molar-refractivity contribution in [2.75, 3.05) is 14.2 Å². The van der Waals surface area contributed by atoms with E-state index >= 15 is 0 Å². The van der Waals surface area contributed by atoms with Gasteiger partial charge in [-0.15, -0.1) is 0 Å². The van der Waals surface area contributed by atoms with E-state index in [-0.39, 0.29) is 12.1 Å². The van der Waals surface area contributed by atoms with Gasteiger partial charge in [0.1, 0.15) is 0 Å². The second-order valence-corrected chi connectivity index (χ2v) is 5.82. The first-order chi connectivity index (χ1) is 10.1. The number of hydrogen-bond donors (Lipinski definition) is 1. The Hall–Kier alpha value is -1.39. The van der Waals surface area contributed by atoms with E-state index in [1.807, 2.05) is 7.05 Å². The fourth-order valence-corrected chi connectivity index (χ4v) is 3.08. The van der Waals surface area contributed by atoms with Crippen LogP contribution in [0.25, 0.3) is 10.9 Å². The number of fused-ring (bicyclic) bond motifs is 1. The van der Waals surface area contributed by atoms with Gasteiger partial charge in [0.25, 0.3) is 0 Å². The average molecular weight is 289 g/mol. The summed E-state index contributed by atoms with van der Waals surface area (Å²) in [4.78, 5) is 0. The minimum absolute atomic E-state index is 0.181. The number of nitrogens with one attached hydrogen (secondary N) is 1. The number of benzene rings is 1. The van der Waals surface area contributed by atoms with Crippen molar-refractivity contribution < 1.29 is 4.74 Å². The minimum Gasteiger partial charge on any atom is -0.380 e. The quantitative estimate of drug-likeness (QED) is 0.852. The molecule has 0 aliphatic heterocycles. The van der Waals surface area contributed by atoms with Crippen LogP contribution in [0.4, 0.5) is 0 Å². The zero-order valence-electron chi connectivity index (χ0n) is 13.8. The molecule has 0 radical (unpaired) electrons. The van der Waals surface area contributed by atoms with Crippen LogP contribution in [-0.4, -0.2) is 36.1 Å². The Bertz CT molecular complexity index is 576. The van der Waals surface area contributed by atoms with Gasteiger partial charge in [-0.2, -0.15) is 5.10 Å². The predicted molar refractivity (Wildman–Crippen MR) is 87.6 cm³/mol. The molecule has 1 N–H and O–H groups in total. The van der Waals surface area contributed by atoms with Gasteiger partial charge in [0.05, 0.1) is 17.3 Å². The van der Waals surface area contributed by atoms with Crippen LogP contribution in [0.2, 0.25) is 0 Å². The number of likely N-dealkylation sites (N-methyl/N-ethyl adjacent to an activating group) is 1. The van der Waals surface area contributed by atoms with Crippen LogP contribution in [0.15, 0.2) is 24.3 Å². The maximum Gasteiger partial charge on any atom is 0.0750 e. The first-order valence-corrected chi connectivity index (χ1v) is 7.76. The lowest BCUT2D eigenvalue weighted by atomic mass is 9.95. The van der Waals surface area contributed by atoms with Crippen LogP contribution < -0.4 is 5.32 Å². The second kappa shape index (κ2) is 7.05. The fraction of sp³-hybridized carbons (Fsp3) is 0.588. The monoisotopic (exact) mass is 289 g/mol. The summed E-state index contributed by atoms with van der Waals surface area (Å²) in [6, 6.07) is 8.71. The molecular formula is C17H27N3O. The number of ether oxygens (including phenoxy) is 1. The molecule has 2 aromatic rings. The molecule has 0 aliphatic rings. The number of hydrogen-bond acceptors (Lipinski definition) is 3. The van der Waals surface area contributed by atoms with Crippen molar-refractivity contribution in [3.8, 4) is 0 Å². The van der Waals surface area contributed by atoms with Gasteiger partial charge in [0.2, 0.25) is 0 Å². The molecule has 0 fully saturated rings. The minimum atomic E-state index is 0.181. The van der Waals surface area contributed by atoms with Gasteiger partial charge < -0.3 is 10.1 Å². The van der Waals surface area contributed by atoms with E-state index in [0.717, 1.165) is 18.7 Å². The molecule has 2 unspecified atom stereocenters. The Morgan fingerprint density at radius 1 is 1.29 bits per heavy atom. The van der Waals surface area contributed by atoms with Gasteiger partial charge in [-0.25, -0.2) is 0 Å². The Morgan fingerprint density at radius 3 is 2.57 bits per heavy atom. The molecule has 2 atom stereocenters. The summed E-state index contributed by atoms with van der Waals surface area (Å²) < 4.78 is 7.76. The Morgan fingerprint density at radius 2 is 2.00 bits per heavy atom. The zero-order valence-corrected chi connectivity index (χ0v) is 13.8. The number of nitrogens with zero attached hydrogens (tertiary/aromatic N) is 2. The molecule has 1 aromatic carbocycles. The highest BCUT2D eigenvalue weighted by atomic mass is 16.5. The molecule has 1 heterocycles. The van der Waals surface area contributed by atoms with E-state index in [1.54, 1.807) is 7.11 Å². The van der Waals surface area contributed by atoms with Crippen molar-refractivity contribution >= 4 is 10.9 Å². The molecule has 4 heteroatoms. The molecule has 0 spiro atoms. The van der Waals surface area contributed by atoms with E-state index in [1.165, 1.54) is 10.9 Å². The predicted octanol–water partition coefficient (Wildman–Crippen LogP) is 2.86. The first-order valence-electron chi connectivity index (χ1n) is 7.76. The van der Waals surface area contributed by atoms with Crippen molar-refractivity contribution in [2.24, 2.45) is 5.92 Å². The maximum absolute atomic E-state index is 5.69. The number of methoxy groups -OCH3 is 1. The standard InChI is InChI=1S/C17H27N3O/c1-6-20-16-10-8-7-9-13(16)14(19-20)11-15(18-4)17(21-5)12(2)3/h7-10,12,15,17-18H,6,11H2,1-5H3. The third kappa shape index (κ3) is 3.27. The third-order valence-electron chi connectivity index (χ3n) is 4.14. The van der Waals surface area contributed by atoms with Crippen molar-refractivity contribution in [1.82, 2.24) is 15.1 Å². The van der Waals surface area contributed by atoms with Crippen LogP contribution in [0.3, 0.4) is 0 Å². The Labute approximate surface area is 127 Å². The number of rotatable bonds is 7. The lowest BCUT2D eigenvalue weighted by molar-refractivity contribution is 0.0352. The summed E-state index contributed by atoms with van der Waals surface area (Å²) in [5, 5.41) is 9.44. The van der Waals surface area contributed by atoms with Crippen LogP contribution in [0, 0.1) is 5.92 Å². The molecule has 21 heavy (non-hydrogen) atoms. The molecule has 1 aromatic heterocycles. The summed E-state index contributed by atoms with van der Waals surface area (Å²) in [5.74, 6) is 0.465. The smallest absolute Gasteiger partial charge is 0.0750 e. The third-order valence-corrected chi connectivity index (χ3v) is 4.14. The summed E-state index contributed by atoms with van der Waals surface area (Å²) in [6.07, 6.45) is 1.06.